The summed E-state index contributed by atoms with van der Waals surface area (Å²) in [5.41, 5.74) is 2.16. The topological polar surface area (TPSA) is 23.5 Å². The first-order valence-electron chi connectivity index (χ1n) is 4.84. The van der Waals surface area contributed by atoms with Crippen LogP contribution in [0.2, 0.25) is 0 Å². The Morgan fingerprint density at radius 1 is 1.50 bits per heavy atom. The van der Waals surface area contributed by atoms with Crippen molar-refractivity contribution in [2.24, 2.45) is 0 Å². The molecule has 1 aromatic carbocycles. The molecule has 2 nitrogen and oxygen atoms in total. The van der Waals surface area contributed by atoms with Gasteiger partial charge in [-0.05, 0) is 46.5 Å². The number of hydrogen-bond donors (Lipinski definition) is 1. The number of halogens is 1. The van der Waals surface area contributed by atoms with E-state index in [4.69, 9.17) is 5.11 Å². The van der Waals surface area contributed by atoms with Crippen molar-refractivity contribution in [1.29, 1.82) is 0 Å². The lowest BCUT2D eigenvalue weighted by Gasteiger charge is -2.20. The Labute approximate surface area is 92.7 Å². The van der Waals surface area contributed by atoms with Crippen LogP contribution >= 0.6 is 15.9 Å². The van der Waals surface area contributed by atoms with Crippen LogP contribution in [0.3, 0.4) is 0 Å². The molecule has 76 valence electrons. The fraction of sp³-hybridized carbons (Fsp3) is 0.455. The Bertz CT molecular complexity index is 336. The van der Waals surface area contributed by atoms with Crippen molar-refractivity contribution in [3.63, 3.8) is 0 Å². The van der Waals surface area contributed by atoms with Crippen LogP contribution in [-0.4, -0.2) is 18.2 Å². The van der Waals surface area contributed by atoms with Crippen LogP contribution < -0.4 is 4.90 Å². The molecule has 0 unspecified atom stereocenters. The van der Waals surface area contributed by atoms with Crippen molar-refractivity contribution in [2.45, 2.75) is 25.5 Å². The Hall–Kier alpha value is -0.540. The van der Waals surface area contributed by atoms with Gasteiger partial charge in [-0.2, -0.15) is 0 Å². The van der Waals surface area contributed by atoms with Crippen LogP contribution in [0, 0.1) is 0 Å². The summed E-state index contributed by atoms with van der Waals surface area (Å²) in [6, 6.07) is 6.73. The summed E-state index contributed by atoms with van der Waals surface area (Å²) in [4.78, 5) is 2.30. The van der Waals surface area contributed by atoms with Crippen molar-refractivity contribution in [3.05, 3.63) is 28.2 Å². The predicted molar refractivity (Wildman–Crippen MR) is 61.5 cm³/mol. The lowest BCUT2D eigenvalue weighted by atomic mass is 10.2. The molecule has 0 radical (unpaired) electrons. The molecule has 14 heavy (non-hydrogen) atoms. The van der Waals surface area contributed by atoms with Gasteiger partial charge in [-0.1, -0.05) is 6.07 Å². The fourth-order valence-corrected chi connectivity index (χ4v) is 2.30. The van der Waals surface area contributed by atoms with Gasteiger partial charge in [0.25, 0.3) is 0 Å². The van der Waals surface area contributed by atoms with E-state index in [1.807, 2.05) is 12.1 Å². The average Bonchev–Trinajstić information content (AvgIpc) is 3.00. The molecule has 1 fully saturated rings. The molecule has 1 aliphatic carbocycles. The van der Waals surface area contributed by atoms with Crippen molar-refractivity contribution in [3.8, 4) is 0 Å². The minimum Gasteiger partial charge on any atom is -0.392 e. The molecule has 2 rings (SSSR count). The molecule has 0 amide bonds. The summed E-state index contributed by atoms with van der Waals surface area (Å²) in [5.74, 6) is 0. The van der Waals surface area contributed by atoms with E-state index in [0.29, 0.717) is 6.04 Å². The first kappa shape index (κ1) is 9.99. The van der Waals surface area contributed by atoms with E-state index in [2.05, 4.69) is 33.9 Å². The minimum absolute atomic E-state index is 0.103. The van der Waals surface area contributed by atoms with Gasteiger partial charge in [0.15, 0.2) is 0 Å². The van der Waals surface area contributed by atoms with E-state index >= 15 is 0 Å². The largest absolute Gasteiger partial charge is 0.392 e. The minimum atomic E-state index is 0.103. The average molecular weight is 256 g/mol. The highest BCUT2D eigenvalue weighted by atomic mass is 79.9. The van der Waals surface area contributed by atoms with Crippen LogP contribution in [0.5, 0.6) is 0 Å². The number of hydrogen-bond acceptors (Lipinski definition) is 2. The quantitative estimate of drug-likeness (QED) is 0.898. The van der Waals surface area contributed by atoms with Crippen LogP contribution in [0.15, 0.2) is 22.7 Å². The highest BCUT2D eigenvalue weighted by Gasteiger charge is 2.27. The van der Waals surface area contributed by atoms with Crippen molar-refractivity contribution in [1.82, 2.24) is 0 Å². The van der Waals surface area contributed by atoms with Crippen LogP contribution in [0.25, 0.3) is 0 Å². The number of anilines is 1. The number of aliphatic hydroxyl groups is 1. The molecule has 0 bridgehead atoms. The second-order valence-electron chi connectivity index (χ2n) is 3.79. The number of aliphatic hydroxyl groups excluding tert-OH is 1. The van der Waals surface area contributed by atoms with Crippen LogP contribution in [-0.2, 0) is 6.61 Å². The zero-order valence-corrected chi connectivity index (χ0v) is 9.79. The summed E-state index contributed by atoms with van der Waals surface area (Å²) in [7, 11) is 2.12. The highest BCUT2D eigenvalue weighted by Crippen LogP contribution is 2.34. The maximum atomic E-state index is 8.98. The van der Waals surface area contributed by atoms with E-state index in [0.717, 1.165) is 10.0 Å². The zero-order chi connectivity index (χ0) is 10.1. The van der Waals surface area contributed by atoms with Gasteiger partial charge in [-0.3, -0.25) is 0 Å². The molecule has 0 heterocycles. The van der Waals surface area contributed by atoms with Gasteiger partial charge >= 0.3 is 0 Å². The molecule has 0 saturated heterocycles. The third-order valence-electron chi connectivity index (χ3n) is 2.67. The lowest BCUT2D eigenvalue weighted by molar-refractivity contribution is 0.282. The highest BCUT2D eigenvalue weighted by molar-refractivity contribution is 9.10. The van der Waals surface area contributed by atoms with Crippen molar-refractivity contribution in [2.75, 3.05) is 11.9 Å². The normalized spacial score (nSPS) is 15.6. The van der Waals surface area contributed by atoms with Crippen molar-refractivity contribution >= 4 is 21.6 Å². The molecule has 0 aliphatic heterocycles. The Morgan fingerprint density at radius 3 is 2.71 bits per heavy atom. The van der Waals surface area contributed by atoms with Gasteiger partial charge in [-0.25, -0.2) is 0 Å². The molecular weight excluding hydrogens is 242 g/mol. The third-order valence-corrected chi connectivity index (χ3v) is 3.30. The Balaban J connectivity index is 2.24. The van der Waals surface area contributed by atoms with E-state index < -0.39 is 0 Å². The SMILES string of the molecule is CN(c1ccc(CO)cc1Br)C1CC1. The number of rotatable bonds is 3. The first-order chi connectivity index (χ1) is 6.72. The molecule has 1 saturated carbocycles. The molecule has 0 spiro atoms. The van der Waals surface area contributed by atoms with Crippen LogP contribution in [0.4, 0.5) is 5.69 Å². The van der Waals surface area contributed by atoms with E-state index in [-0.39, 0.29) is 6.61 Å². The Kier molecular flexibility index (Phi) is 2.79. The maximum absolute atomic E-state index is 8.98. The molecule has 1 N–H and O–H groups in total. The summed E-state index contributed by atoms with van der Waals surface area (Å²) >= 11 is 3.53. The number of benzene rings is 1. The summed E-state index contributed by atoms with van der Waals surface area (Å²) < 4.78 is 1.07. The van der Waals surface area contributed by atoms with Crippen LogP contribution in [0.1, 0.15) is 18.4 Å². The number of nitrogens with zero attached hydrogens (tertiary/aromatic N) is 1. The van der Waals surface area contributed by atoms with Gasteiger partial charge in [0.2, 0.25) is 0 Å². The summed E-state index contributed by atoms with van der Waals surface area (Å²) in [6.45, 7) is 0.103. The van der Waals surface area contributed by atoms with E-state index in [9.17, 15) is 0 Å². The summed E-state index contributed by atoms with van der Waals surface area (Å²) in [6.07, 6.45) is 2.59. The molecule has 1 aromatic rings. The molecule has 0 atom stereocenters. The first-order valence-corrected chi connectivity index (χ1v) is 5.64. The van der Waals surface area contributed by atoms with Gasteiger partial charge in [0, 0.05) is 17.6 Å². The maximum Gasteiger partial charge on any atom is 0.0682 e. The second kappa shape index (κ2) is 3.91. The van der Waals surface area contributed by atoms with E-state index in [1.165, 1.54) is 18.5 Å². The van der Waals surface area contributed by atoms with Gasteiger partial charge < -0.3 is 10.0 Å². The van der Waals surface area contributed by atoms with E-state index in [1.54, 1.807) is 0 Å². The molecule has 3 heteroatoms. The zero-order valence-electron chi connectivity index (χ0n) is 8.20. The monoisotopic (exact) mass is 255 g/mol. The predicted octanol–water partition coefficient (Wildman–Crippen LogP) is 2.54. The van der Waals surface area contributed by atoms with Gasteiger partial charge in [-0.15, -0.1) is 0 Å². The smallest absolute Gasteiger partial charge is 0.0682 e. The molecule has 0 aromatic heterocycles. The molecule has 1 aliphatic rings. The third kappa shape index (κ3) is 1.93. The second-order valence-corrected chi connectivity index (χ2v) is 4.64. The fourth-order valence-electron chi connectivity index (χ4n) is 1.59. The standard InChI is InChI=1S/C11H14BrNO/c1-13(9-3-4-9)11-5-2-8(7-14)6-10(11)12/h2,5-6,9,14H,3-4,7H2,1H3. The Morgan fingerprint density at radius 2 is 2.21 bits per heavy atom. The van der Waals surface area contributed by atoms with Gasteiger partial charge in [0.05, 0.1) is 12.3 Å². The van der Waals surface area contributed by atoms with Crippen molar-refractivity contribution < 1.29 is 5.11 Å². The lowest BCUT2D eigenvalue weighted by Crippen LogP contribution is -2.19. The summed E-state index contributed by atoms with van der Waals surface area (Å²) in [5, 5.41) is 8.98. The molecular formula is C11H14BrNO. The van der Waals surface area contributed by atoms with Gasteiger partial charge in [0.1, 0.15) is 0 Å².